The van der Waals surface area contributed by atoms with Crippen molar-refractivity contribution in [3.63, 3.8) is 0 Å². The molecule has 1 N–H and O–H groups in total. The van der Waals surface area contributed by atoms with Crippen LogP contribution in [0.3, 0.4) is 0 Å². The van der Waals surface area contributed by atoms with Gasteiger partial charge in [0.05, 0.1) is 6.20 Å². The Morgan fingerprint density at radius 2 is 1.93 bits per heavy atom. The fraction of sp³-hybridized carbons (Fsp3) is 0.278. The van der Waals surface area contributed by atoms with Gasteiger partial charge in [-0.2, -0.15) is 17.8 Å². The van der Waals surface area contributed by atoms with E-state index in [4.69, 9.17) is 4.18 Å². The second-order valence-electron chi connectivity index (χ2n) is 6.66. The van der Waals surface area contributed by atoms with Gasteiger partial charge in [0.25, 0.3) is 5.88 Å². The van der Waals surface area contributed by atoms with E-state index in [0.29, 0.717) is 6.54 Å². The van der Waals surface area contributed by atoms with E-state index in [1.807, 2.05) is 18.7 Å². The van der Waals surface area contributed by atoms with E-state index in [-0.39, 0.29) is 27.8 Å². The molecule has 10 heteroatoms. The first-order valence-corrected chi connectivity index (χ1v) is 10.00. The molecule has 0 aliphatic carbocycles. The average molecular weight is 404 g/mol. The molecular weight excluding hydrogens is 387 g/mol. The molecule has 28 heavy (non-hydrogen) atoms. The molecular formula is C18H17FN4O4S. The fourth-order valence-corrected chi connectivity index (χ4v) is 3.82. The Morgan fingerprint density at radius 3 is 2.54 bits per heavy atom. The van der Waals surface area contributed by atoms with Gasteiger partial charge in [0.2, 0.25) is 11.7 Å². The zero-order valence-corrected chi connectivity index (χ0v) is 15.9. The molecule has 1 aromatic carbocycles. The number of halogens is 1. The van der Waals surface area contributed by atoms with Crippen molar-refractivity contribution in [2.24, 2.45) is 0 Å². The van der Waals surface area contributed by atoms with Crippen molar-refractivity contribution in [1.82, 2.24) is 15.0 Å². The Bertz CT molecular complexity index is 1170. The molecule has 0 radical (unpaired) electrons. The Morgan fingerprint density at radius 1 is 1.21 bits per heavy atom. The quantitative estimate of drug-likeness (QED) is 0.662. The van der Waals surface area contributed by atoms with Crippen LogP contribution >= 0.6 is 0 Å². The molecule has 1 aliphatic heterocycles. The summed E-state index contributed by atoms with van der Waals surface area (Å²) < 4.78 is 45.1. The van der Waals surface area contributed by atoms with Crippen LogP contribution in [0.4, 0.5) is 10.2 Å². The van der Waals surface area contributed by atoms with Crippen LogP contribution in [0, 0.1) is 12.7 Å². The summed E-state index contributed by atoms with van der Waals surface area (Å²) in [5.41, 5.74) is 0.689. The molecule has 3 aromatic rings. The molecule has 8 nitrogen and oxygen atoms in total. The van der Waals surface area contributed by atoms with Crippen molar-refractivity contribution in [3.8, 4) is 11.8 Å². The molecule has 1 aliphatic rings. The number of hydrogen-bond acceptors (Lipinski definition) is 8. The molecule has 0 bridgehead atoms. The highest BCUT2D eigenvalue weighted by Gasteiger charge is 2.31. The highest BCUT2D eigenvalue weighted by molar-refractivity contribution is 7.87. The number of pyridine rings is 1. The maximum atomic E-state index is 14.9. The Labute approximate surface area is 160 Å². The molecule has 1 fully saturated rings. The third-order valence-corrected chi connectivity index (χ3v) is 5.89. The predicted molar refractivity (Wildman–Crippen MR) is 99.4 cm³/mol. The summed E-state index contributed by atoms with van der Waals surface area (Å²) in [4.78, 5) is 13.6. The van der Waals surface area contributed by atoms with E-state index in [0.717, 1.165) is 18.2 Å². The predicted octanol–water partition coefficient (Wildman–Crippen LogP) is 2.54. The van der Waals surface area contributed by atoms with Gasteiger partial charge in [0, 0.05) is 12.6 Å². The number of aryl methyl sites for hydroxylation is 1. The van der Waals surface area contributed by atoms with Gasteiger partial charge >= 0.3 is 10.1 Å². The lowest BCUT2D eigenvalue weighted by Gasteiger charge is -2.39. The highest BCUT2D eigenvalue weighted by Crippen LogP contribution is 2.35. The summed E-state index contributed by atoms with van der Waals surface area (Å²) in [6, 6.07) is 6.08. The van der Waals surface area contributed by atoms with Gasteiger partial charge < -0.3 is 14.2 Å². The number of rotatable bonds is 4. The Balaban J connectivity index is 1.84. The van der Waals surface area contributed by atoms with E-state index < -0.39 is 27.7 Å². The minimum atomic E-state index is -4.31. The Hall–Kier alpha value is -3.01. The third kappa shape index (κ3) is 3.09. The zero-order valence-electron chi connectivity index (χ0n) is 15.1. The van der Waals surface area contributed by atoms with E-state index in [9.17, 15) is 17.9 Å². The molecule has 1 atom stereocenters. The van der Waals surface area contributed by atoms with Crippen molar-refractivity contribution in [1.29, 1.82) is 0 Å². The van der Waals surface area contributed by atoms with E-state index >= 15 is 0 Å². The van der Waals surface area contributed by atoms with E-state index in [1.165, 1.54) is 12.1 Å². The smallest absolute Gasteiger partial charge is 0.340 e. The first-order valence-electron chi connectivity index (χ1n) is 8.59. The highest BCUT2D eigenvalue weighted by atomic mass is 32.2. The third-order valence-electron chi connectivity index (χ3n) is 4.66. The second-order valence-corrected chi connectivity index (χ2v) is 8.21. The van der Waals surface area contributed by atoms with Gasteiger partial charge in [0.1, 0.15) is 15.9 Å². The van der Waals surface area contributed by atoms with Crippen LogP contribution in [-0.2, 0) is 10.1 Å². The lowest BCUT2D eigenvalue weighted by atomic mass is 10.1. The molecule has 0 spiro atoms. The summed E-state index contributed by atoms with van der Waals surface area (Å²) >= 11 is 0. The number of benzene rings is 1. The fourth-order valence-electron chi connectivity index (χ4n) is 2.94. The van der Waals surface area contributed by atoms with Crippen LogP contribution in [0.5, 0.6) is 11.8 Å². The number of anilines is 1. The number of aromatic hydroxyl groups is 1. The second kappa shape index (κ2) is 6.55. The molecule has 1 saturated heterocycles. The molecule has 2 aromatic heterocycles. The normalized spacial score (nSPS) is 16.8. The first-order chi connectivity index (χ1) is 13.3. The monoisotopic (exact) mass is 404 g/mol. The number of nitrogens with zero attached hydrogens (tertiary/aromatic N) is 4. The van der Waals surface area contributed by atoms with Gasteiger partial charge in [-0.15, -0.1) is 0 Å². The van der Waals surface area contributed by atoms with Crippen LogP contribution in [-0.4, -0.2) is 41.1 Å². The van der Waals surface area contributed by atoms with Crippen LogP contribution in [0.25, 0.3) is 11.0 Å². The summed E-state index contributed by atoms with van der Waals surface area (Å²) in [6.45, 7) is 4.42. The van der Waals surface area contributed by atoms with Gasteiger partial charge in [-0.3, -0.25) is 0 Å². The van der Waals surface area contributed by atoms with Gasteiger partial charge in [0.15, 0.2) is 5.82 Å². The van der Waals surface area contributed by atoms with Crippen molar-refractivity contribution in [2.45, 2.75) is 31.2 Å². The van der Waals surface area contributed by atoms with E-state index in [2.05, 4.69) is 15.0 Å². The van der Waals surface area contributed by atoms with Gasteiger partial charge in [-0.25, -0.2) is 9.97 Å². The molecule has 0 unspecified atom stereocenters. The summed E-state index contributed by atoms with van der Waals surface area (Å²) in [6.07, 6.45) is 1.99. The first kappa shape index (κ1) is 18.4. The summed E-state index contributed by atoms with van der Waals surface area (Å²) in [5.74, 6) is -2.07. The SMILES string of the molecule is Cc1ccc(S(=O)(=O)Oc2nc(N3CC[C@@H]3C)c3ncc(O)nc3c2F)cc1. The maximum Gasteiger partial charge on any atom is 0.340 e. The van der Waals surface area contributed by atoms with Crippen LogP contribution in [0.15, 0.2) is 35.4 Å². The van der Waals surface area contributed by atoms with Gasteiger partial charge in [-0.05, 0) is 32.4 Å². The standard InChI is InChI=1S/C18H17FN4O4S/c1-10-3-5-12(6-4-10)28(25,26)27-18-14(19)15-16(20-9-13(24)21-15)17(22-18)23-8-7-11(23)2/h3-6,9,11H,7-8H2,1-2H3,(H,21,24)/t11-/m0/s1. The van der Waals surface area contributed by atoms with E-state index in [1.54, 1.807) is 12.1 Å². The molecule has 0 saturated carbocycles. The topological polar surface area (TPSA) is 106 Å². The van der Waals surface area contributed by atoms with Gasteiger partial charge in [-0.1, -0.05) is 17.7 Å². The van der Waals surface area contributed by atoms with Crippen molar-refractivity contribution >= 4 is 27.0 Å². The lowest BCUT2D eigenvalue weighted by molar-refractivity contribution is 0.439. The van der Waals surface area contributed by atoms with Crippen molar-refractivity contribution in [2.75, 3.05) is 11.4 Å². The van der Waals surface area contributed by atoms with Crippen LogP contribution < -0.4 is 9.08 Å². The molecule has 0 amide bonds. The molecule has 146 valence electrons. The average Bonchev–Trinajstić information content (AvgIpc) is 2.64. The summed E-state index contributed by atoms with van der Waals surface area (Å²) in [7, 11) is -4.31. The largest absolute Gasteiger partial charge is 0.492 e. The van der Waals surface area contributed by atoms with Crippen molar-refractivity contribution in [3.05, 3.63) is 41.8 Å². The Kier molecular flexibility index (Phi) is 4.30. The van der Waals surface area contributed by atoms with Crippen LogP contribution in [0.1, 0.15) is 18.9 Å². The number of fused-ring (bicyclic) bond motifs is 1. The minimum Gasteiger partial charge on any atom is -0.492 e. The minimum absolute atomic E-state index is 0.123. The summed E-state index contributed by atoms with van der Waals surface area (Å²) in [5, 5.41) is 9.60. The zero-order chi connectivity index (χ0) is 20.1. The molecule has 3 heterocycles. The number of aromatic nitrogens is 3. The maximum absolute atomic E-state index is 14.9. The number of hydrogen-bond donors (Lipinski definition) is 1. The lowest BCUT2D eigenvalue weighted by Crippen LogP contribution is -2.46. The van der Waals surface area contributed by atoms with Crippen molar-refractivity contribution < 1.29 is 22.1 Å². The molecule has 4 rings (SSSR count). The van der Waals surface area contributed by atoms with Crippen LogP contribution in [0.2, 0.25) is 0 Å².